The molecule has 2 rings (SSSR count). The molecule has 0 saturated heterocycles. The molecule has 0 radical (unpaired) electrons. The third kappa shape index (κ3) is 4.85. The van der Waals surface area contributed by atoms with Crippen LogP contribution >= 0.6 is 0 Å². The molecule has 2 amide bonds. The van der Waals surface area contributed by atoms with Crippen molar-refractivity contribution in [2.45, 2.75) is 51.6 Å². The average molecular weight is 275 g/mol. The van der Waals surface area contributed by atoms with Gasteiger partial charge >= 0.3 is 6.03 Å². The number of carbonyl (C=O) groups excluding carboxylic acids is 1. The summed E-state index contributed by atoms with van der Waals surface area (Å²) in [5.74, 6) is 0. The van der Waals surface area contributed by atoms with Gasteiger partial charge in [-0.05, 0) is 37.1 Å². The van der Waals surface area contributed by atoms with Crippen molar-refractivity contribution < 1.29 is 4.79 Å². The molecule has 1 aliphatic carbocycles. The Morgan fingerprint density at radius 1 is 1.25 bits per heavy atom. The molecule has 1 fully saturated rings. The molecule has 0 aromatic heterocycles. The van der Waals surface area contributed by atoms with Crippen molar-refractivity contribution in [3.05, 3.63) is 29.8 Å². The highest BCUT2D eigenvalue weighted by Crippen LogP contribution is 2.17. The van der Waals surface area contributed by atoms with Gasteiger partial charge in [0.2, 0.25) is 0 Å². The van der Waals surface area contributed by atoms with E-state index >= 15 is 0 Å². The number of nitrogens with one attached hydrogen (secondary N) is 3. The third-order valence-electron chi connectivity index (χ3n) is 3.70. The van der Waals surface area contributed by atoms with Gasteiger partial charge in [0.1, 0.15) is 0 Å². The Morgan fingerprint density at radius 2 is 2.05 bits per heavy atom. The summed E-state index contributed by atoms with van der Waals surface area (Å²) in [6, 6.07) is 8.24. The fourth-order valence-corrected chi connectivity index (χ4v) is 2.63. The Labute approximate surface area is 121 Å². The lowest BCUT2D eigenvalue weighted by Crippen LogP contribution is -2.39. The number of hydrogen-bond acceptors (Lipinski definition) is 2. The molecule has 4 nitrogen and oxygen atoms in total. The summed E-state index contributed by atoms with van der Waals surface area (Å²) in [7, 11) is 0. The maximum Gasteiger partial charge on any atom is 0.319 e. The van der Waals surface area contributed by atoms with Gasteiger partial charge in [-0.15, -0.1) is 0 Å². The molecule has 0 aliphatic heterocycles. The number of rotatable bonds is 5. The van der Waals surface area contributed by atoms with Crippen LogP contribution in [0.3, 0.4) is 0 Å². The van der Waals surface area contributed by atoms with Gasteiger partial charge in [-0.1, -0.05) is 38.3 Å². The maximum absolute atomic E-state index is 12.0. The minimum atomic E-state index is -0.0856. The van der Waals surface area contributed by atoms with E-state index in [0.717, 1.165) is 31.6 Å². The molecule has 1 aromatic carbocycles. The van der Waals surface area contributed by atoms with E-state index in [2.05, 4.69) is 28.9 Å². The number of amides is 2. The zero-order valence-electron chi connectivity index (χ0n) is 12.2. The topological polar surface area (TPSA) is 53.2 Å². The van der Waals surface area contributed by atoms with Crippen LogP contribution in [0.5, 0.6) is 0 Å². The summed E-state index contributed by atoms with van der Waals surface area (Å²) in [6.07, 6.45) is 5.96. The van der Waals surface area contributed by atoms with Crippen LogP contribution in [0.25, 0.3) is 0 Å². The maximum atomic E-state index is 12.0. The first-order valence-electron chi connectivity index (χ1n) is 7.65. The van der Waals surface area contributed by atoms with Gasteiger partial charge in [0, 0.05) is 18.3 Å². The second kappa shape index (κ2) is 7.90. The molecular formula is C16H25N3O. The van der Waals surface area contributed by atoms with Gasteiger partial charge in [-0.3, -0.25) is 0 Å². The molecule has 3 N–H and O–H groups in total. The Morgan fingerprint density at radius 3 is 2.80 bits per heavy atom. The summed E-state index contributed by atoms with van der Waals surface area (Å²) in [5, 5.41) is 9.27. The van der Waals surface area contributed by atoms with Gasteiger partial charge < -0.3 is 16.0 Å². The first-order chi connectivity index (χ1) is 9.78. The van der Waals surface area contributed by atoms with E-state index in [1.807, 2.05) is 18.2 Å². The van der Waals surface area contributed by atoms with Gasteiger partial charge in [-0.2, -0.15) is 0 Å². The molecule has 110 valence electrons. The molecule has 1 aliphatic rings. The predicted molar refractivity (Wildman–Crippen MR) is 82.9 cm³/mol. The molecule has 0 spiro atoms. The number of anilines is 1. The Hall–Kier alpha value is -1.55. The van der Waals surface area contributed by atoms with Crippen molar-refractivity contribution in [2.24, 2.45) is 0 Å². The van der Waals surface area contributed by atoms with Crippen molar-refractivity contribution in [1.29, 1.82) is 0 Å². The van der Waals surface area contributed by atoms with Crippen molar-refractivity contribution in [2.75, 3.05) is 11.9 Å². The first kappa shape index (κ1) is 14.9. The Bertz CT molecular complexity index is 427. The molecule has 4 heteroatoms. The molecule has 0 bridgehead atoms. The van der Waals surface area contributed by atoms with Gasteiger partial charge in [0.15, 0.2) is 0 Å². The van der Waals surface area contributed by atoms with Crippen LogP contribution in [0.1, 0.15) is 44.6 Å². The molecule has 0 atom stereocenters. The minimum Gasteiger partial charge on any atom is -0.335 e. The van der Waals surface area contributed by atoms with E-state index in [0.29, 0.717) is 6.04 Å². The summed E-state index contributed by atoms with van der Waals surface area (Å²) >= 11 is 0. The second-order valence-corrected chi connectivity index (χ2v) is 5.41. The molecular weight excluding hydrogens is 250 g/mol. The lowest BCUT2D eigenvalue weighted by Gasteiger charge is -2.22. The van der Waals surface area contributed by atoms with E-state index in [4.69, 9.17) is 0 Å². The third-order valence-corrected chi connectivity index (χ3v) is 3.70. The SMILES string of the molecule is CCNCc1cccc(NC(=O)NC2CCCCC2)c1. The van der Waals surface area contributed by atoms with Gasteiger partial charge in [0.05, 0.1) is 0 Å². The fraction of sp³-hybridized carbons (Fsp3) is 0.562. The normalized spacial score (nSPS) is 15.8. The van der Waals surface area contributed by atoms with E-state index in [1.165, 1.54) is 24.8 Å². The lowest BCUT2D eigenvalue weighted by atomic mass is 9.96. The lowest BCUT2D eigenvalue weighted by molar-refractivity contribution is 0.244. The summed E-state index contributed by atoms with van der Waals surface area (Å²) in [4.78, 5) is 12.0. The van der Waals surface area contributed by atoms with E-state index in [1.54, 1.807) is 0 Å². The van der Waals surface area contributed by atoms with E-state index in [9.17, 15) is 4.79 Å². The first-order valence-corrected chi connectivity index (χ1v) is 7.65. The summed E-state index contributed by atoms with van der Waals surface area (Å²) < 4.78 is 0. The largest absolute Gasteiger partial charge is 0.335 e. The highest BCUT2D eigenvalue weighted by Gasteiger charge is 2.15. The minimum absolute atomic E-state index is 0.0856. The van der Waals surface area contributed by atoms with E-state index < -0.39 is 0 Å². The van der Waals surface area contributed by atoms with Crippen LogP contribution in [0, 0.1) is 0 Å². The van der Waals surface area contributed by atoms with Crippen molar-refractivity contribution in [3.8, 4) is 0 Å². The summed E-state index contributed by atoms with van der Waals surface area (Å²) in [6.45, 7) is 3.86. The quantitative estimate of drug-likeness (QED) is 0.772. The zero-order chi connectivity index (χ0) is 14.2. The summed E-state index contributed by atoms with van der Waals surface area (Å²) in [5.41, 5.74) is 2.04. The van der Waals surface area contributed by atoms with Crippen LogP contribution in [-0.4, -0.2) is 18.6 Å². The average Bonchev–Trinajstić information content (AvgIpc) is 2.46. The van der Waals surface area contributed by atoms with E-state index in [-0.39, 0.29) is 6.03 Å². The van der Waals surface area contributed by atoms with Crippen LogP contribution in [0.15, 0.2) is 24.3 Å². The van der Waals surface area contributed by atoms with Crippen molar-refractivity contribution in [1.82, 2.24) is 10.6 Å². The monoisotopic (exact) mass is 275 g/mol. The molecule has 1 saturated carbocycles. The number of carbonyl (C=O) groups is 1. The zero-order valence-corrected chi connectivity index (χ0v) is 12.2. The number of urea groups is 1. The highest BCUT2D eigenvalue weighted by molar-refractivity contribution is 5.89. The second-order valence-electron chi connectivity index (χ2n) is 5.41. The van der Waals surface area contributed by atoms with Crippen LogP contribution < -0.4 is 16.0 Å². The van der Waals surface area contributed by atoms with Gasteiger partial charge in [-0.25, -0.2) is 4.79 Å². The standard InChI is InChI=1S/C16H25N3O/c1-2-17-12-13-7-6-10-15(11-13)19-16(20)18-14-8-4-3-5-9-14/h6-7,10-11,14,17H,2-5,8-9,12H2,1H3,(H2,18,19,20). The van der Waals surface area contributed by atoms with Crippen molar-refractivity contribution >= 4 is 11.7 Å². The number of benzene rings is 1. The van der Waals surface area contributed by atoms with Crippen molar-refractivity contribution in [3.63, 3.8) is 0 Å². The molecule has 0 heterocycles. The highest BCUT2D eigenvalue weighted by atomic mass is 16.2. The Kier molecular flexibility index (Phi) is 5.87. The molecule has 0 unspecified atom stereocenters. The molecule has 1 aromatic rings. The Balaban J connectivity index is 1.83. The van der Waals surface area contributed by atoms with Crippen LogP contribution in [-0.2, 0) is 6.54 Å². The number of hydrogen-bond donors (Lipinski definition) is 3. The van der Waals surface area contributed by atoms with Crippen LogP contribution in [0.4, 0.5) is 10.5 Å². The molecule has 20 heavy (non-hydrogen) atoms. The van der Waals surface area contributed by atoms with Gasteiger partial charge in [0.25, 0.3) is 0 Å². The van der Waals surface area contributed by atoms with Crippen LogP contribution in [0.2, 0.25) is 0 Å². The fourth-order valence-electron chi connectivity index (χ4n) is 2.63. The predicted octanol–water partition coefficient (Wildman–Crippen LogP) is 3.25. The smallest absolute Gasteiger partial charge is 0.319 e.